The zero-order chi connectivity index (χ0) is 21.5. The van der Waals surface area contributed by atoms with Crippen molar-refractivity contribution in [3.05, 3.63) is 71.3 Å². The average Bonchev–Trinajstić information content (AvgIpc) is 2.84. The lowest BCUT2D eigenvalue weighted by Crippen LogP contribution is -2.46. The van der Waals surface area contributed by atoms with Gasteiger partial charge in [0, 0.05) is 23.7 Å². The third-order valence-electron chi connectivity index (χ3n) is 6.63. The molecule has 2 saturated heterocycles. The lowest BCUT2D eigenvalue weighted by atomic mass is 9.98. The summed E-state index contributed by atoms with van der Waals surface area (Å²) in [6, 6.07) is 17.6. The highest BCUT2D eigenvalue weighted by atomic mass is 16.2. The number of piperidine rings is 2. The Labute approximate surface area is 185 Å². The van der Waals surface area contributed by atoms with Crippen molar-refractivity contribution >= 4 is 11.7 Å². The van der Waals surface area contributed by atoms with E-state index < -0.39 is 0 Å². The van der Waals surface area contributed by atoms with Gasteiger partial charge in [-0.05, 0) is 63.5 Å². The minimum absolute atomic E-state index is 0.0123. The summed E-state index contributed by atoms with van der Waals surface area (Å²) in [5.41, 5.74) is 2.32. The lowest BCUT2D eigenvalue weighted by molar-refractivity contribution is 0.0876. The number of rotatable bonds is 7. The number of hydrogen-bond donors (Lipinski definition) is 1. The molecular weight excluding hydrogens is 386 g/mol. The van der Waals surface area contributed by atoms with E-state index >= 15 is 0 Å². The molecule has 0 saturated carbocycles. The number of carbonyl (C=O) groups excluding carboxylic acids is 2. The molecule has 2 aliphatic heterocycles. The van der Waals surface area contributed by atoms with E-state index in [1.165, 1.54) is 45.2 Å². The van der Waals surface area contributed by atoms with Gasteiger partial charge in [-0.2, -0.15) is 0 Å². The fourth-order valence-electron chi connectivity index (χ4n) is 4.83. The number of hydrogen-bond acceptors (Lipinski definition) is 4. The van der Waals surface area contributed by atoms with Crippen LogP contribution in [-0.4, -0.2) is 60.3 Å². The van der Waals surface area contributed by atoms with E-state index in [0.29, 0.717) is 11.1 Å². The highest BCUT2D eigenvalue weighted by Crippen LogP contribution is 2.22. The smallest absolute Gasteiger partial charge is 0.251 e. The van der Waals surface area contributed by atoms with Gasteiger partial charge in [-0.15, -0.1) is 0 Å². The van der Waals surface area contributed by atoms with Crippen LogP contribution in [0.25, 0.3) is 0 Å². The molecule has 2 heterocycles. The van der Waals surface area contributed by atoms with E-state index in [2.05, 4.69) is 15.1 Å². The molecule has 2 aromatic rings. The Bertz CT molecular complexity index is 869. The van der Waals surface area contributed by atoms with Crippen LogP contribution in [0.4, 0.5) is 0 Å². The summed E-state index contributed by atoms with van der Waals surface area (Å²) < 4.78 is 0. The Morgan fingerprint density at radius 3 is 2.26 bits per heavy atom. The molecule has 1 amide bonds. The van der Waals surface area contributed by atoms with Crippen molar-refractivity contribution in [1.82, 2.24) is 15.1 Å². The van der Waals surface area contributed by atoms with Gasteiger partial charge in [-0.25, -0.2) is 0 Å². The fourth-order valence-corrected chi connectivity index (χ4v) is 4.83. The molecule has 5 nitrogen and oxygen atoms in total. The van der Waals surface area contributed by atoms with Gasteiger partial charge >= 0.3 is 0 Å². The quantitative estimate of drug-likeness (QED) is 0.695. The van der Waals surface area contributed by atoms with Crippen molar-refractivity contribution in [2.24, 2.45) is 0 Å². The van der Waals surface area contributed by atoms with Gasteiger partial charge in [0.25, 0.3) is 5.91 Å². The molecule has 31 heavy (non-hydrogen) atoms. The van der Waals surface area contributed by atoms with Crippen molar-refractivity contribution in [3.63, 3.8) is 0 Å². The van der Waals surface area contributed by atoms with E-state index in [-0.39, 0.29) is 18.2 Å². The highest BCUT2D eigenvalue weighted by Gasteiger charge is 2.26. The van der Waals surface area contributed by atoms with Crippen molar-refractivity contribution in [3.8, 4) is 0 Å². The number of carbonyl (C=O) groups is 2. The first kappa shape index (κ1) is 21.7. The predicted molar refractivity (Wildman–Crippen MR) is 123 cm³/mol. The van der Waals surface area contributed by atoms with Gasteiger partial charge in [-0.1, -0.05) is 55.0 Å². The van der Waals surface area contributed by atoms with Crippen LogP contribution in [0.3, 0.4) is 0 Å². The molecule has 164 valence electrons. The maximum Gasteiger partial charge on any atom is 0.251 e. The van der Waals surface area contributed by atoms with Gasteiger partial charge in [-0.3, -0.25) is 14.5 Å². The highest BCUT2D eigenvalue weighted by molar-refractivity contribution is 6.02. The number of amides is 1. The molecule has 2 aliphatic rings. The first-order valence-corrected chi connectivity index (χ1v) is 11.6. The van der Waals surface area contributed by atoms with Crippen LogP contribution in [0.1, 0.15) is 58.4 Å². The van der Waals surface area contributed by atoms with Crippen LogP contribution < -0.4 is 5.32 Å². The zero-order valence-electron chi connectivity index (χ0n) is 18.3. The summed E-state index contributed by atoms with van der Waals surface area (Å²) in [5, 5.41) is 2.81. The van der Waals surface area contributed by atoms with Crippen LogP contribution in [0.5, 0.6) is 0 Å². The van der Waals surface area contributed by atoms with E-state index in [9.17, 15) is 9.59 Å². The number of nitrogens with one attached hydrogen (secondary N) is 1. The number of Topliss-reactive ketones (excluding diaryl/α,β-unsaturated/α-hetero) is 1. The van der Waals surface area contributed by atoms with E-state index in [1.54, 1.807) is 12.1 Å². The molecule has 0 radical (unpaired) electrons. The van der Waals surface area contributed by atoms with Crippen LogP contribution in [0.15, 0.2) is 54.6 Å². The number of nitrogens with zero attached hydrogens (tertiary/aromatic N) is 2. The van der Waals surface area contributed by atoms with Gasteiger partial charge in [0.15, 0.2) is 5.78 Å². The predicted octanol–water partition coefficient (Wildman–Crippen LogP) is 3.75. The third kappa shape index (κ3) is 5.81. The molecule has 0 spiro atoms. The largest absolute Gasteiger partial charge is 0.345 e. The van der Waals surface area contributed by atoms with Crippen molar-refractivity contribution < 1.29 is 9.59 Å². The molecule has 5 heteroatoms. The Morgan fingerprint density at radius 1 is 0.839 bits per heavy atom. The number of ketones is 1. The molecule has 0 unspecified atom stereocenters. The van der Waals surface area contributed by atoms with E-state index in [0.717, 1.165) is 31.2 Å². The topological polar surface area (TPSA) is 52.7 Å². The first-order chi connectivity index (χ1) is 15.2. The Kier molecular flexibility index (Phi) is 7.49. The summed E-state index contributed by atoms with van der Waals surface area (Å²) in [6.45, 7) is 5.46. The van der Waals surface area contributed by atoms with Crippen LogP contribution >= 0.6 is 0 Å². The second-order valence-corrected chi connectivity index (χ2v) is 8.73. The number of likely N-dealkylation sites (tertiary alicyclic amines) is 2. The van der Waals surface area contributed by atoms with Crippen molar-refractivity contribution in [1.29, 1.82) is 0 Å². The van der Waals surface area contributed by atoms with Crippen LogP contribution in [0, 0.1) is 0 Å². The maximum absolute atomic E-state index is 12.8. The molecule has 0 atom stereocenters. The maximum atomic E-state index is 12.8. The normalized spacial score (nSPS) is 18.6. The summed E-state index contributed by atoms with van der Waals surface area (Å²) in [6.07, 6.45) is 6.48. The molecule has 1 N–H and O–H groups in total. The average molecular weight is 420 g/mol. The lowest BCUT2D eigenvalue weighted by Gasteiger charge is -2.40. The summed E-state index contributed by atoms with van der Waals surface area (Å²) in [5.74, 6) is -0.255. The molecule has 4 rings (SSSR count). The van der Waals surface area contributed by atoms with E-state index in [1.807, 2.05) is 42.5 Å². The third-order valence-corrected chi connectivity index (χ3v) is 6.63. The molecule has 0 aliphatic carbocycles. The Hall–Kier alpha value is -2.50. The summed E-state index contributed by atoms with van der Waals surface area (Å²) in [7, 11) is 0. The molecule has 2 aromatic carbocycles. The van der Waals surface area contributed by atoms with E-state index in [4.69, 9.17) is 0 Å². The van der Waals surface area contributed by atoms with Gasteiger partial charge in [0.1, 0.15) is 0 Å². The molecule has 2 fully saturated rings. The second kappa shape index (κ2) is 10.7. The monoisotopic (exact) mass is 419 g/mol. The number of benzene rings is 2. The van der Waals surface area contributed by atoms with Gasteiger partial charge in [0.2, 0.25) is 0 Å². The fraction of sp³-hybridized carbons (Fsp3) is 0.462. The summed E-state index contributed by atoms with van der Waals surface area (Å²) in [4.78, 5) is 30.3. The second-order valence-electron chi connectivity index (χ2n) is 8.73. The molecule has 0 aromatic heterocycles. The zero-order valence-corrected chi connectivity index (χ0v) is 18.3. The van der Waals surface area contributed by atoms with Crippen molar-refractivity contribution in [2.45, 2.75) is 44.7 Å². The first-order valence-electron chi connectivity index (χ1n) is 11.6. The van der Waals surface area contributed by atoms with Crippen LogP contribution in [0.2, 0.25) is 0 Å². The Balaban J connectivity index is 1.31. The molecule has 0 bridgehead atoms. The van der Waals surface area contributed by atoms with Gasteiger partial charge in [0.05, 0.1) is 6.54 Å². The standard InChI is InChI=1S/C26H33N3O2/c30-25(21-9-3-1-4-10-21)19-27-26(31)24-12-6-5-11-22(24)20-28-17-13-23(14-18-28)29-15-7-2-8-16-29/h1,3-6,9-12,23H,2,7-8,13-20H2,(H,27,31). The van der Waals surface area contributed by atoms with Crippen molar-refractivity contribution in [2.75, 3.05) is 32.7 Å². The minimum Gasteiger partial charge on any atom is -0.345 e. The van der Waals surface area contributed by atoms with Gasteiger partial charge < -0.3 is 10.2 Å². The summed E-state index contributed by atoms with van der Waals surface area (Å²) >= 11 is 0. The molecular formula is C26H33N3O2. The Morgan fingerprint density at radius 2 is 1.52 bits per heavy atom. The SMILES string of the molecule is O=C(CNC(=O)c1ccccc1CN1CCC(N2CCCCC2)CC1)c1ccccc1. The minimum atomic E-state index is -0.178. The van der Waals surface area contributed by atoms with Crippen LogP contribution in [-0.2, 0) is 6.54 Å².